The molecule has 0 fully saturated rings. The van der Waals surface area contributed by atoms with Crippen LogP contribution in [0.15, 0.2) is 48.5 Å². The lowest BCUT2D eigenvalue weighted by molar-refractivity contribution is -0.128. The fourth-order valence-electron chi connectivity index (χ4n) is 3.11. The zero-order valence-corrected chi connectivity index (χ0v) is 17.8. The predicted octanol–water partition coefficient (Wildman–Crippen LogP) is 1.49. The molecule has 31 heavy (non-hydrogen) atoms. The molecule has 166 valence electrons. The van der Waals surface area contributed by atoms with E-state index in [1.807, 2.05) is 62.4 Å². The number of benzene rings is 2. The summed E-state index contributed by atoms with van der Waals surface area (Å²) in [7, 11) is 0. The number of rotatable bonds is 10. The molecular formula is C23H29N3O5. The number of ether oxygens (including phenoxy) is 1. The Bertz CT molecular complexity index is 881. The van der Waals surface area contributed by atoms with E-state index in [2.05, 4.69) is 10.6 Å². The first-order chi connectivity index (χ1) is 14.8. The van der Waals surface area contributed by atoms with Gasteiger partial charge in [-0.3, -0.25) is 9.59 Å². The molecule has 0 aliphatic rings. The lowest BCUT2D eigenvalue weighted by Crippen LogP contribution is -2.47. The molecule has 5 N–H and O–H groups in total. The molecule has 8 heteroatoms. The summed E-state index contributed by atoms with van der Waals surface area (Å²) in [5.41, 5.74) is 9.22. The van der Waals surface area contributed by atoms with Crippen molar-refractivity contribution in [1.29, 1.82) is 0 Å². The number of hydrogen-bond acceptors (Lipinski definition) is 5. The molecule has 8 nitrogen and oxygen atoms in total. The number of aliphatic hydroxyl groups excluding tert-OH is 1. The van der Waals surface area contributed by atoms with Gasteiger partial charge in [0.05, 0.1) is 12.5 Å². The number of carbonyl (C=O) groups is 3. The summed E-state index contributed by atoms with van der Waals surface area (Å²) in [6.45, 7) is 3.78. The van der Waals surface area contributed by atoms with Crippen molar-refractivity contribution in [2.24, 2.45) is 5.73 Å². The average Bonchev–Trinajstić information content (AvgIpc) is 2.73. The Morgan fingerprint density at radius 1 is 1.03 bits per heavy atom. The predicted molar refractivity (Wildman–Crippen MR) is 116 cm³/mol. The number of nitrogens with two attached hydrogens (primary N) is 1. The van der Waals surface area contributed by atoms with Crippen LogP contribution in [0.2, 0.25) is 0 Å². The lowest BCUT2D eigenvalue weighted by atomic mass is 9.96. The summed E-state index contributed by atoms with van der Waals surface area (Å²) in [6, 6.07) is 14.0. The normalized spacial score (nSPS) is 12.5. The molecule has 0 aromatic heterocycles. The third-order valence-electron chi connectivity index (χ3n) is 4.85. The van der Waals surface area contributed by atoms with Crippen LogP contribution in [0.5, 0.6) is 0 Å². The smallest absolute Gasteiger partial charge is 0.407 e. The van der Waals surface area contributed by atoms with Crippen LogP contribution in [0.25, 0.3) is 0 Å². The molecule has 2 atom stereocenters. The highest BCUT2D eigenvalue weighted by Crippen LogP contribution is 2.15. The SMILES string of the molecule is Cc1cccc(C)c1C[C@H](NC(=O)C[C@H](O)CNC(=O)OCc1ccccc1)C(N)=O. The standard InChI is InChI=1S/C23H29N3O5/c1-15-7-6-8-16(2)19(15)12-20(22(24)29)26-21(28)11-18(27)13-25-23(30)31-14-17-9-4-3-5-10-17/h3-10,18,20,27H,11-14H2,1-2H3,(H2,24,29)(H,25,30)(H,26,28)/t18-,20-/m0/s1. The van der Waals surface area contributed by atoms with E-state index in [-0.39, 0.29) is 26.0 Å². The number of amides is 3. The molecule has 2 aromatic rings. The molecule has 2 rings (SSSR count). The van der Waals surface area contributed by atoms with Crippen LogP contribution < -0.4 is 16.4 Å². The maximum Gasteiger partial charge on any atom is 0.407 e. The third-order valence-corrected chi connectivity index (χ3v) is 4.85. The van der Waals surface area contributed by atoms with Crippen molar-refractivity contribution in [3.63, 3.8) is 0 Å². The Hall–Kier alpha value is -3.39. The molecule has 0 saturated heterocycles. The second-order valence-electron chi connectivity index (χ2n) is 7.40. The van der Waals surface area contributed by atoms with Gasteiger partial charge in [0.2, 0.25) is 11.8 Å². The Morgan fingerprint density at radius 2 is 1.68 bits per heavy atom. The summed E-state index contributed by atoms with van der Waals surface area (Å²) in [5, 5.41) is 15.0. The zero-order chi connectivity index (χ0) is 22.8. The van der Waals surface area contributed by atoms with Crippen LogP contribution in [-0.2, 0) is 27.4 Å². The van der Waals surface area contributed by atoms with Gasteiger partial charge in [-0.25, -0.2) is 4.79 Å². The van der Waals surface area contributed by atoms with Gasteiger partial charge in [-0.1, -0.05) is 48.5 Å². The fraction of sp³-hybridized carbons (Fsp3) is 0.348. The zero-order valence-electron chi connectivity index (χ0n) is 17.8. The molecule has 3 amide bonds. The first-order valence-corrected chi connectivity index (χ1v) is 10.0. The van der Waals surface area contributed by atoms with E-state index in [9.17, 15) is 19.5 Å². The van der Waals surface area contributed by atoms with Crippen LogP contribution >= 0.6 is 0 Å². The van der Waals surface area contributed by atoms with Gasteiger partial charge in [0.25, 0.3) is 0 Å². The van der Waals surface area contributed by atoms with Crippen LogP contribution in [0.3, 0.4) is 0 Å². The monoisotopic (exact) mass is 427 g/mol. The van der Waals surface area contributed by atoms with Gasteiger partial charge in [-0.15, -0.1) is 0 Å². The van der Waals surface area contributed by atoms with Crippen molar-refractivity contribution in [2.75, 3.05) is 6.54 Å². The minimum atomic E-state index is -1.14. The molecule has 0 bridgehead atoms. The van der Waals surface area contributed by atoms with Gasteiger partial charge in [0.15, 0.2) is 0 Å². The number of primary amides is 1. The van der Waals surface area contributed by atoms with Gasteiger partial charge < -0.3 is 26.2 Å². The quantitative estimate of drug-likeness (QED) is 0.456. The van der Waals surface area contributed by atoms with E-state index in [1.165, 1.54) is 0 Å². The average molecular weight is 428 g/mol. The van der Waals surface area contributed by atoms with Gasteiger partial charge in [0.1, 0.15) is 12.6 Å². The van der Waals surface area contributed by atoms with Crippen LogP contribution in [0, 0.1) is 13.8 Å². The van der Waals surface area contributed by atoms with Crippen molar-refractivity contribution in [2.45, 2.75) is 45.4 Å². The molecule has 0 heterocycles. The van der Waals surface area contributed by atoms with Crippen LogP contribution in [-0.4, -0.2) is 41.7 Å². The number of nitrogens with one attached hydrogen (secondary N) is 2. The molecule has 0 radical (unpaired) electrons. The molecule has 2 aromatic carbocycles. The van der Waals surface area contributed by atoms with Crippen molar-refractivity contribution in [3.8, 4) is 0 Å². The topological polar surface area (TPSA) is 131 Å². The highest BCUT2D eigenvalue weighted by atomic mass is 16.5. The van der Waals surface area contributed by atoms with E-state index in [0.29, 0.717) is 0 Å². The molecule has 0 spiro atoms. The highest BCUT2D eigenvalue weighted by molar-refractivity contribution is 5.87. The van der Waals surface area contributed by atoms with E-state index < -0.39 is 30.1 Å². The van der Waals surface area contributed by atoms with Crippen molar-refractivity contribution >= 4 is 17.9 Å². The first-order valence-electron chi connectivity index (χ1n) is 10.0. The Labute approximate surface area is 181 Å². The number of aliphatic hydroxyl groups is 1. The van der Waals surface area contributed by atoms with Crippen molar-refractivity contribution in [3.05, 3.63) is 70.8 Å². The molecule has 0 saturated carbocycles. The fourth-order valence-corrected chi connectivity index (χ4v) is 3.11. The van der Waals surface area contributed by atoms with Crippen molar-refractivity contribution in [1.82, 2.24) is 10.6 Å². The molecule has 0 aliphatic heterocycles. The Balaban J connectivity index is 1.78. The van der Waals surface area contributed by atoms with E-state index >= 15 is 0 Å². The number of aryl methyl sites for hydroxylation is 2. The number of carbonyl (C=O) groups excluding carboxylic acids is 3. The summed E-state index contributed by atoms with van der Waals surface area (Å²) in [5.74, 6) is -1.20. The van der Waals surface area contributed by atoms with Crippen LogP contribution in [0.1, 0.15) is 28.7 Å². The Kier molecular flexibility index (Phi) is 9.02. The summed E-state index contributed by atoms with van der Waals surface area (Å²) in [6.07, 6.45) is -1.87. The minimum absolute atomic E-state index is 0.0991. The summed E-state index contributed by atoms with van der Waals surface area (Å²) >= 11 is 0. The maximum atomic E-state index is 12.3. The summed E-state index contributed by atoms with van der Waals surface area (Å²) < 4.78 is 5.05. The molecular weight excluding hydrogens is 398 g/mol. The van der Waals surface area contributed by atoms with Gasteiger partial charge in [-0.2, -0.15) is 0 Å². The second-order valence-corrected chi connectivity index (χ2v) is 7.40. The highest BCUT2D eigenvalue weighted by Gasteiger charge is 2.22. The second kappa shape index (κ2) is 11.7. The number of hydrogen-bond donors (Lipinski definition) is 4. The van der Waals surface area contributed by atoms with Crippen LogP contribution in [0.4, 0.5) is 4.79 Å². The molecule has 0 unspecified atom stereocenters. The minimum Gasteiger partial charge on any atom is -0.445 e. The third kappa shape index (κ3) is 8.10. The molecule has 0 aliphatic carbocycles. The Morgan fingerprint density at radius 3 is 2.29 bits per heavy atom. The van der Waals surface area contributed by atoms with Gasteiger partial charge >= 0.3 is 6.09 Å². The number of alkyl carbamates (subject to hydrolysis) is 1. The van der Waals surface area contributed by atoms with Gasteiger partial charge in [-0.05, 0) is 36.1 Å². The van der Waals surface area contributed by atoms with E-state index in [0.717, 1.165) is 22.3 Å². The first kappa shape index (κ1) is 23.9. The van der Waals surface area contributed by atoms with E-state index in [1.54, 1.807) is 0 Å². The van der Waals surface area contributed by atoms with Crippen molar-refractivity contribution < 1.29 is 24.2 Å². The summed E-state index contributed by atoms with van der Waals surface area (Å²) in [4.78, 5) is 35.8. The maximum absolute atomic E-state index is 12.3. The largest absolute Gasteiger partial charge is 0.445 e. The lowest BCUT2D eigenvalue weighted by Gasteiger charge is -2.19. The van der Waals surface area contributed by atoms with E-state index in [4.69, 9.17) is 10.5 Å². The van der Waals surface area contributed by atoms with Gasteiger partial charge in [0, 0.05) is 13.0 Å².